The van der Waals surface area contributed by atoms with Gasteiger partial charge < -0.3 is 33.8 Å². The number of unbranched alkanes of at least 4 members (excludes halogenated alkanes) is 26. The van der Waals surface area contributed by atoms with Gasteiger partial charge in [0.05, 0.1) is 26.4 Å². The maximum absolute atomic E-state index is 13.0. The van der Waals surface area contributed by atoms with Crippen LogP contribution in [0.5, 0.6) is 0 Å². The first-order chi connectivity index (χ1) is 40.2. The van der Waals surface area contributed by atoms with Crippen LogP contribution in [0.15, 0.2) is 0 Å². The molecule has 0 aromatic heterocycles. The fourth-order valence-electron chi connectivity index (χ4n) is 9.54. The zero-order valence-corrected chi connectivity index (χ0v) is 56.3. The Morgan fingerprint density at radius 3 is 0.845 bits per heavy atom. The van der Waals surface area contributed by atoms with E-state index in [1.54, 1.807) is 0 Å². The van der Waals surface area contributed by atoms with Crippen molar-refractivity contribution >= 4 is 39.5 Å². The predicted octanol–water partition coefficient (Wildman–Crippen LogP) is 17.8. The number of aliphatic hydroxyl groups is 1. The highest BCUT2D eigenvalue weighted by molar-refractivity contribution is 7.47. The lowest BCUT2D eigenvalue weighted by Crippen LogP contribution is -2.30. The van der Waals surface area contributed by atoms with E-state index in [4.69, 9.17) is 37.0 Å². The van der Waals surface area contributed by atoms with Crippen LogP contribution in [-0.4, -0.2) is 96.7 Å². The van der Waals surface area contributed by atoms with Gasteiger partial charge in [-0.2, -0.15) is 0 Å². The van der Waals surface area contributed by atoms with E-state index in [1.165, 1.54) is 103 Å². The third kappa shape index (κ3) is 56.6. The summed E-state index contributed by atoms with van der Waals surface area (Å²) < 4.78 is 68.0. The number of carbonyl (C=O) groups excluding carboxylic acids is 4. The van der Waals surface area contributed by atoms with Gasteiger partial charge in [0.2, 0.25) is 0 Å². The standard InChI is InChI=1S/C65H126O17P2/c1-9-57(7)43-35-27-19-13-11-12-14-20-31-39-47-64(69)81-60(51-75-62(67)45-37-29-21-15-17-25-33-41-55(3)4)53-79-83(71,72)77-49-59(66)50-78-84(73,74)80-54-61(82-65(70)48-40-32-22-16-18-26-34-42-56(5)6)52-76-63(68)46-38-30-24-23-28-36-44-58(8)10-2/h55-61,66H,9-54H2,1-8H3,(H,71,72)(H,73,74)/t57?,58?,59-,60-,61-/m1/s1. The molecule has 498 valence electrons. The SMILES string of the molecule is CCC(C)CCCCCCCCCCCCC(=O)O[C@H](COC(=O)CCCCCCCCCC(C)C)COP(=O)(O)OC[C@@H](O)COP(=O)(O)OC[C@@H](COC(=O)CCCCCCCCC(C)CC)OC(=O)CCCCCCCCCC(C)C. The van der Waals surface area contributed by atoms with Crippen LogP contribution < -0.4 is 0 Å². The molecule has 0 aliphatic carbocycles. The molecule has 0 fully saturated rings. The van der Waals surface area contributed by atoms with Crippen LogP contribution in [0.4, 0.5) is 0 Å². The third-order valence-electron chi connectivity index (χ3n) is 15.5. The molecule has 0 aliphatic rings. The van der Waals surface area contributed by atoms with Crippen molar-refractivity contribution in [1.82, 2.24) is 0 Å². The van der Waals surface area contributed by atoms with E-state index in [9.17, 15) is 43.2 Å². The predicted molar refractivity (Wildman–Crippen MR) is 335 cm³/mol. The number of carbonyl (C=O) groups is 4. The molecule has 3 N–H and O–H groups in total. The van der Waals surface area contributed by atoms with E-state index in [2.05, 4.69) is 55.4 Å². The highest BCUT2D eigenvalue weighted by Crippen LogP contribution is 2.45. The molecule has 4 unspecified atom stereocenters. The van der Waals surface area contributed by atoms with Crippen molar-refractivity contribution in [3.05, 3.63) is 0 Å². The maximum atomic E-state index is 13.0. The second-order valence-corrected chi connectivity index (χ2v) is 27.8. The molecule has 84 heavy (non-hydrogen) atoms. The first-order valence-corrected chi connectivity index (χ1v) is 36.8. The lowest BCUT2D eigenvalue weighted by molar-refractivity contribution is -0.161. The Labute approximate surface area is 511 Å². The van der Waals surface area contributed by atoms with E-state index in [1.807, 2.05) is 0 Å². The molecule has 0 spiro atoms. The minimum atomic E-state index is -4.95. The van der Waals surface area contributed by atoms with Crippen LogP contribution in [-0.2, 0) is 65.4 Å². The fourth-order valence-corrected chi connectivity index (χ4v) is 11.1. The van der Waals surface area contributed by atoms with Crippen molar-refractivity contribution in [1.29, 1.82) is 0 Å². The minimum Gasteiger partial charge on any atom is -0.462 e. The molecule has 0 heterocycles. The van der Waals surface area contributed by atoms with E-state index in [0.29, 0.717) is 37.5 Å². The molecule has 0 saturated carbocycles. The van der Waals surface area contributed by atoms with Gasteiger partial charge in [0.25, 0.3) is 0 Å². The van der Waals surface area contributed by atoms with Crippen LogP contribution in [0, 0.1) is 23.7 Å². The van der Waals surface area contributed by atoms with Gasteiger partial charge in [0.1, 0.15) is 19.3 Å². The number of phosphoric acid groups is 2. The lowest BCUT2D eigenvalue weighted by atomic mass is 9.99. The van der Waals surface area contributed by atoms with Crippen LogP contribution in [0.1, 0.15) is 312 Å². The van der Waals surface area contributed by atoms with Crippen LogP contribution >= 0.6 is 15.6 Å². The summed E-state index contributed by atoms with van der Waals surface area (Å²) in [6.07, 6.45) is 34.9. The van der Waals surface area contributed by atoms with Gasteiger partial charge in [-0.1, -0.05) is 261 Å². The molecule has 0 aromatic carbocycles. The first kappa shape index (κ1) is 82.1. The summed E-state index contributed by atoms with van der Waals surface area (Å²) in [5.74, 6) is 0.794. The number of esters is 4. The Balaban J connectivity index is 5.26. The van der Waals surface area contributed by atoms with Gasteiger partial charge in [-0.3, -0.25) is 37.3 Å². The van der Waals surface area contributed by atoms with Gasteiger partial charge in [-0.25, -0.2) is 9.13 Å². The van der Waals surface area contributed by atoms with Gasteiger partial charge in [-0.05, 0) is 49.4 Å². The van der Waals surface area contributed by atoms with Crippen molar-refractivity contribution in [3.8, 4) is 0 Å². The van der Waals surface area contributed by atoms with Crippen molar-refractivity contribution in [2.75, 3.05) is 39.6 Å². The van der Waals surface area contributed by atoms with Crippen molar-refractivity contribution in [2.45, 2.75) is 331 Å². The van der Waals surface area contributed by atoms with Crippen LogP contribution in [0.2, 0.25) is 0 Å². The average Bonchev–Trinajstić information content (AvgIpc) is 3.50. The molecule has 0 rings (SSSR count). The zero-order valence-electron chi connectivity index (χ0n) is 54.5. The number of rotatable bonds is 62. The van der Waals surface area contributed by atoms with E-state index >= 15 is 0 Å². The molecule has 7 atom stereocenters. The molecule has 0 aliphatic heterocycles. The van der Waals surface area contributed by atoms with Crippen molar-refractivity contribution in [3.63, 3.8) is 0 Å². The summed E-state index contributed by atoms with van der Waals surface area (Å²) in [4.78, 5) is 72.2. The normalized spacial score (nSPS) is 15.1. The summed E-state index contributed by atoms with van der Waals surface area (Å²) in [6.45, 7) is 14.0. The largest absolute Gasteiger partial charge is 0.472 e. The summed E-state index contributed by atoms with van der Waals surface area (Å²) in [7, 11) is -9.89. The number of hydrogen-bond donors (Lipinski definition) is 3. The van der Waals surface area contributed by atoms with Crippen LogP contribution in [0.25, 0.3) is 0 Å². The molecule has 0 saturated heterocycles. The highest BCUT2D eigenvalue weighted by Gasteiger charge is 2.30. The number of phosphoric ester groups is 2. The molecular weight excluding hydrogens is 1110 g/mol. The van der Waals surface area contributed by atoms with Gasteiger partial charge in [-0.15, -0.1) is 0 Å². The summed E-state index contributed by atoms with van der Waals surface area (Å²) >= 11 is 0. The maximum Gasteiger partial charge on any atom is 0.472 e. The Hall–Kier alpha value is -1.94. The van der Waals surface area contributed by atoms with Gasteiger partial charge in [0.15, 0.2) is 12.2 Å². The quantitative estimate of drug-likeness (QED) is 0.0222. The summed E-state index contributed by atoms with van der Waals surface area (Å²) in [6, 6.07) is 0. The number of ether oxygens (including phenoxy) is 4. The van der Waals surface area contributed by atoms with E-state index in [-0.39, 0.29) is 25.7 Å². The number of hydrogen-bond acceptors (Lipinski definition) is 15. The van der Waals surface area contributed by atoms with E-state index in [0.717, 1.165) is 115 Å². The smallest absolute Gasteiger partial charge is 0.462 e. The zero-order chi connectivity index (χ0) is 62.5. The topological polar surface area (TPSA) is 237 Å². The van der Waals surface area contributed by atoms with Crippen LogP contribution in [0.3, 0.4) is 0 Å². The molecule has 0 amide bonds. The Bertz CT molecular complexity index is 1680. The van der Waals surface area contributed by atoms with Crippen molar-refractivity contribution < 1.29 is 80.2 Å². The van der Waals surface area contributed by atoms with Gasteiger partial charge in [0, 0.05) is 25.7 Å². The van der Waals surface area contributed by atoms with Gasteiger partial charge >= 0.3 is 39.5 Å². The first-order valence-electron chi connectivity index (χ1n) is 33.8. The molecule has 19 heteroatoms. The molecular formula is C65H126O17P2. The molecule has 17 nitrogen and oxygen atoms in total. The van der Waals surface area contributed by atoms with Crippen molar-refractivity contribution in [2.24, 2.45) is 23.7 Å². The Morgan fingerprint density at radius 1 is 0.333 bits per heavy atom. The lowest BCUT2D eigenvalue weighted by Gasteiger charge is -2.21. The second kappa shape index (κ2) is 55.2. The summed E-state index contributed by atoms with van der Waals surface area (Å²) in [5, 5.41) is 10.5. The summed E-state index contributed by atoms with van der Waals surface area (Å²) in [5.41, 5.74) is 0. The Kier molecular flexibility index (Phi) is 53.9. The molecule has 0 bridgehead atoms. The van der Waals surface area contributed by atoms with E-state index < -0.39 is 97.5 Å². The molecule has 0 aromatic rings. The minimum absolute atomic E-state index is 0.102. The highest BCUT2D eigenvalue weighted by atomic mass is 31.2. The monoisotopic (exact) mass is 1240 g/mol. The molecule has 0 radical (unpaired) electrons. The second-order valence-electron chi connectivity index (χ2n) is 24.9. The third-order valence-corrected chi connectivity index (χ3v) is 17.4. The Morgan fingerprint density at radius 2 is 0.571 bits per heavy atom. The average molecular weight is 1240 g/mol. The fraction of sp³-hybridized carbons (Fsp3) is 0.938. The number of aliphatic hydroxyl groups excluding tert-OH is 1.